The zero-order chi connectivity index (χ0) is 13.1. The van der Waals surface area contributed by atoms with Crippen LogP contribution in [0.3, 0.4) is 0 Å². The number of anilines is 1. The molecule has 1 aromatic carbocycles. The monoisotopic (exact) mass is 267 g/mol. The summed E-state index contributed by atoms with van der Waals surface area (Å²) in [6.45, 7) is 0.461. The molecule has 0 saturated heterocycles. The lowest BCUT2D eigenvalue weighted by molar-refractivity contribution is 0.195. The minimum Gasteiger partial charge on any atom is -0.399 e. The standard InChI is InChI=1S/C13H18ClN3O/c1-17(13(18)16-11-3-2-4-11)8-9-7-10(15)5-6-12(9)14/h5-7,11H,2-4,8,15H2,1H3,(H,16,18). The second-order valence-electron chi connectivity index (χ2n) is 4.78. The number of halogens is 1. The molecule has 4 nitrogen and oxygen atoms in total. The van der Waals surface area contributed by atoms with Crippen molar-refractivity contribution in [2.45, 2.75) is 31.8 Å². The molecule has 1 aromatic rings. The van der Waals surface area contributed by atoms with E-state index in [0.717, 1.165) is 18.4 Å². The lowest BCUT2D eigenvalue weighted by atomic mass is 9.93. The van der Waals surface area contributed by atoms with E-state index in [0.29, 0.717) is 23.3 Å². The second-order valence-corrected chi connectivity index (χ2v) is 5.19. The Balaban J connectivity index is 1.94. The van der Waals surface area contributed by atoms with Crippen LogP contribution in [0.15, 0.2) is 18.2 Å². The summed E-state index contributed by atoms with van der Waals surface area (Å²) >= 11 is 6.08. The first-order valence-electron chi connectivity index (χ1n) is 6.12. The third-order valence-electron chi connectivity index (χ3n) is 3.26. The number of amides is 2. The third-order valence-corrected chi connectivity index (χ3v) is 3.63. The average molecular weight is 268 g/mol. The van der Waals surface area contributed by atoms with Gasteiger partial charge in [0.15, 0.2) is 0 Å². The fraction of sp³-hybridized carbons (Fsp3) is 0.462. The maximum atomic E-state index is 11.9. The summed E-state index contributed by atoms with van der Waals surface area (Å²) in [6.07, 6.45) is 3.37. The molecule has 0 radical (unpaired) electrons. The van der Waals surface area contributed by atoms with Gasteiger partial charge in [-0.25, -0.2) is 4.79 Å². The second kappa shape index (κ2) is 5.48. The zero-order valence-corrected chi connectivity index (χ0v) is 11.2. The summed E-state index contributed by atoms with van der Waals surface area (Å²) in [6, 6.07) is 5.59. The van der Waals surface area contributed by atoms with E-state index < -0.39 is 0 Å². The maximum absolute atomic E-state index is 11.9. The molecule has 0 spiro atoms. The van der Waals surface area contributed by atoms with Gasteiger partial charge < -0.3 is 16.0 Å². The van der Waals surface area contributed by atoms with Gasteiger partial charge in [0.1, 0.15) is 0 Å². The highest BCUT2D eigenvalue weighted by molar-refractivity contribution is 6.31. The zero-order valence-electron chi connectivity index (χ0n) is 10.4. The van der Waals surface area contributed by atoms with Gasteiger partial charge in [-0.1, -0.05) is 11.6 Å². The highest BCUT2D eigenvalue weighted by Crippen LogP contribution is 2.21. The topological polar surface area (TPSA) is 58.4 Å². The minimum absolute atomic E-state index is 0.0572. The van der Waals surface area contributed by atoms with Gasteiger partial charge in [-0.15, -0.1) is 0 Å². The van der Waals surface area contributed by atoms with Gasteiger partial charge in [-0.2, -0.15) is 0 Å². The van der Waals surface area contributed by atoms with E-state index in [1.54, 1.807) is 30.1 Å². The average Bonchev–Trinajstić information content (AvgIpc) is 2.28. The Morgan fingerprint density at radius 2 is 2.28 bits per heavy atom. The van der Waals surface area contributed by atoms with E-state index in [9.17, 15) is 4.79 Å². The van der Waals surface area contributed by atoms with E-state index in [1.807, 2.05) is 0 Å². The number of hydrogen-bond donors (Lipinski definition) is 2. The van der Waals surface area contributed by atoms with E-state index in [1.165, 1.54) is 6.42 Å². The molecular weight excluding hydrogens is 250 g/mol. The van der Waals surface area contributed by atoms with Gasteiger partial charge in [-0.05, 0) is 43.0 Å². The first-order valence-corrected chi connectivity index (χ1v) is 6.49. The fourth-order valence-corrected chi connectivity index (χ4v) is 2.06. The summed E-state index contributed by atoms with van der Waals surface area (Å²) in [5.74, 6) is 0. The molecule has 0 heterocycles. The molecule has 5 heteroatoms. The number of urea groups is 1. The molecule has 0 aromatic heterocycles. The summed E-state index contributed by atoms with van der Waals surface area (Å²) < 4.78 is 0. The molecule has 0 unspecified atom stereocenters. The van der Waals surface area contributed by atoms with Crippen molar-refractivity contribution in [3.05, 3.63) is 28.8 Å². The summed E-state index contributed by atoms with van der Waals surface area (Å²) in [5.41, 5.74) is 7.23. The SMILES string of the molecule is CN(Cc1cc(N)ccc1Cl)C(=O)NC1CCC1. The number of nitrogen functional groups attached to an aromatic ring is 1. The van der Waals surface area contributed by atoms with Crippen molar-refractivity contribution in [3.63, 3.8) is 0 Å². The van der Waals surface area contributed by atoms with Crippen molar-refractivity contribution in [3.8, 4) is 0 Å². The van der Waals surface area contributed by atoms with Crippen LogP contribution in [-0.2, 0) is 6.54 Å². The van der Waals surface area contributed by atoms with Crippen LogP contribution in [0.1, 0.15) is 24.8 Å². The molecule has 2 rings (SSSR count). The van der Waals surface area contributed by atoms with Crippen molar-refractivity contribution in [2.24, 2.45) is 0 Å². The van der Waals surface area contributed by atoms with Crippen molar-refractivity contribution < 1.29 is 4.79 Å². The summed E-state index contributed by atoms with van der Waals surface area (Å²) in [4.78, 5) is 13.5. The maximum Gasteiger partial charge on any atom is 0.317 e. The third kappa shape index (κ3) is 3.07. The Bertz CT molecular complexity index is 446. The van der Waals surface area contributed by atoms with Crippen LogP contribution in [0.4, 0.5) is 10.5 Å². The lowest BCUT2D eigenvalue weighted by Gasteiger charge is -2.29. The van der Waals surface area contributed by atoms with Gasteiger partial charge in [-0.3, -0.25) is 0 Å². The summed E-state index contributed by atoms with van der Waals surface area (Å²) in [5, 5.41) is 3.62. The predicted octanol–water partition coefficient (Wildman–Crippen LogP) is 2.62. The first-order chi connectivity index (χ1) is 8.56. The van der Waals surface area contributed by atoms with Crippen LogP contribution >= 0.6 is 11.6 Å². The Labute approximate surface area is 112 Å². The van der Waals surface area contributed by atoms with Gasteiger partial charge in [0.2, 0.25) is 0 Å². The number of nitrogens with zero attached hydrogens (tertiary/aromatic N) is 1. The van der Waals surface area contributed by atoms with E-state index >= 15 is 0 Å². The molecule has 2 amide bonds. The Morgan fingerprint density at radius 3 is 2.89 bits per heavy atom. The predicted molar refractivity (Wildman–Crippen MR) is 73.5 cm³/mol. The highest BCUT2D eigenvalue weighted by atomic mass is 35.5. The van der Waals surface area contributed by atoms with Crippen molar-refractivity contribution in [2.75, 3.05) is 12.8 Å². The smallest absolute Gasteiger partial charge is 0.317 e. The molecule has 1 aliphatic carbocycles. The number of nitrogens with two attached hydrogens (primary N) is 1. The van der Waals surface area contributed by atoms with Gasteiger partial charge in [0, 0.05) is 30.3 Å². The molecule has 1 aliphatic rings. The van der Waals surface area contributed by atoms with Crippen molar-refractivity contribution >= 4 is 23.3 Å². The molecule has 0 bridgehead atoms. The van der Waals surface area contributed by atoms with E-state index in [4.69, 9.17) is 17.3 Å². The number of benzene rings is 1. The summed E-state index contributed by atoms with van der Waals surface area (Å²) in [7, 11) is 1.76. The number of rotatable bonds is 3. The van der Waals surface area contributed by atoms with Crippen LogP contribution in [-0.4, -0.2) is 24.0 Å². The molecule has 0 atom stereocenters. The fourth-order valence-electron chi connectivity index (χ4n) is 1.88. The number of nitrogens with one attached hydrogen (secondary N) is 1. The van der Waals surface area contributed by atoms with Gasteiger partial charge in [0.25, 0.3) is 0 Å². The Kier molecular flexibility index (Phi) is 3.97. The Morgan fingerprint density at radius 1 is 1.56 bits per heavy atom. The molecular formula is C13H18ClN3O. The van der Waals surface area contributed by atoms with Crippen LogP contribution in [0, 0.1) is 0 Å². The molecule has 1 fully saturated rings. The largest absolute Gasteiger partial charge is 0.399 e. The normalized spacial score (nSPS) is 15.0. The first kappa shape index (κ1) is 13.0. The minimum atomic E-state index is -0.0572. The van der Waals surface area contributed by atoms with Gasteiger partial charge >= 0.3 is 6.03 Å². The highest BCUT2D eigenvalue weighted by Gasteiger charge is 2.21. The number of carbonyl (C=O) groups excluding carboxylic acids is 1. The molecule has 18 heavy (non-hydrogen) atoms. The van der Waals surface area contributed by atoms with Crippen LogP contribution in [0.25, 0.3) is 0 Å². The van der Waals surface area contributed by atoms with Crippen LogP contribution in [0.2, 0.25) is 5.02 Å². The van der Waals surface area contributed by atoms with Crippen molar-refractivity contribution in [1.82, 2.24) is 10.2 Å². The van der Waals surface area contributed by atoms with E-state index in [-0.39, 0.29) is 6.03 Å². The van der Waals surface area contributed by atoms with E-state index in [2.05, 4.69) is 5.32 Å². The number of hydrogen-bond acceptors (Lipinski definition) is 2. The van der Waals surface area contributed by atoms with Crippen LogP contribution < -0.4 is 11.1 Å². The van der Waals surface area contributed by atoms with Crippen molar-refractivity contribution in [1.29, 1.82) is 0 Å². The lowest BCUT2D eigenvalue weighted by Crippen LogP contribution is -2.45. The quantitative estimate of drug-likeness (QED) is 0.827. The number of carbonyl (C=O) groups is 1. The molecule has 98 valence electrons. The van der Waals surface area contributed by atoms with Crippen LogP contribution in [0.5, 0.6) is 0 Å². The Hall–Kier alpha value is -1.42. The molecule has 1 saturated carbocycles. The van der Waals surface area contributed by atoms with Gasteiger partial charge in [0.05, 0.1) is 0 Å². The molecule has 0 aliphatic heterocycles. The molecule has 3 N–H and O–H groups in total.